The van der Waals surface area contributed by atoms with Crippen molar-refractivity contribution in [3.63, 3.8) is 0 Å². The summed E-state index contributed by atoms with van der Waals surface area (Å²) in [4.78, 5) is 77.6. The predicted molar refractivity (Wildman–Crippen MR) is 255 cm³/mol. The highest BCUT2D eigenvalue weighted by Gasteiger charge is 2.40. The Morgan fingerprint density at radius 1 is 0.739 bits per heavy atom. The molecule has 0 bridgehead atoms. The predicted octanol–water partition coefficient (Wildman–Crippen LogP) is 7.42. The van der Waals surface area contributed by atoms with Crippen LogP contribution in [0, 0.1) is 5.41 Å². The van der Waals surface area contributed by atoms with E-state index in [0.717, 1.165) is 22.5 Å². The number of hydrogen-bond donors (Lipinski definition) is 1. The van der Waals surface area contributed by atoms with Crippen LogP contribution in [0.3, 0.4) is 0 Å². The number of methoxy groups -OCH3 is 2. The second kappa shape index (κ2) is 19.1. The number of rotatable bonds is 18. The summed E-state index contributed by atoms with van der Waals surface area (Å²) in [5.74, 6) is 0.411. The Morgan fingerprint density at radius 2 is 1.42 bits per heavy atom. The van der Waals surface area contributed by atoms with Gasteiger partial charge < -0.3 is 43.5 Å². The van der Waals surface area contributed by atoms with E-state index in [1.165, 1.54) is 0 Å². The van der Waals surface area contributed by atoms with E-state index >= 15 is 0 Å². The van der Waals surface area contributed by atoms with E-state index in [2.05, 4.69) is 5.32 Å². The first-order valence-corrected chi connectivity index (χ1v) is 23.3. The van der Waals surface area contributed by atoms with Crippen LogP contribution in [0.2, 0.25) is 0 Å². The van der Waals surface area contributed by atoms with Crippen LogP contribution in [-0.4, -0.2) is 106 Å². The van der Waals surface area contributed by atoms with Crippen LogP contribution >= 0.6 is 0 Å². The van der Waals surface area contributed by atoms with Gasteiger partial charge in [-0.15, -0.1) is 5.06 Å². The van der Waals surface area contributed by atoms with E-state index in [-0.39, 0.29) is 49.8 Å². The van der Waals surface area contributed by atoms with Gasteiger partial charge in [-0.25, -0.2) is 4.79 Å². The number of benzene rings is 4. The SMILES string of the molecule is COc1cc2c(cc1OCCCOc1cc3c(cc1OC)C(=O)N1c4cc(OCC(C)(C)COC(C)(C)CCC(=O)ON5C(=O)CCC5=O)ccc4C[C@H]1CN3)N=C[C@@H]1Cc3ccccc3N1C2=O. The number of amides is 4. The van der Waals surface area contributed by atoms with Crippen molar-refractivity contribution >= 4 is 58.6 Å². The number of aliphatic imine (C=N–C) groups is 1. The Morgan fingerprint density at radius 3 is 2.16 bits per heavy atom. The molecule has 5 aliphatic rings. The number of carbonyl (C=O) groups excluding carboxylic acids is 5. The molecular formula is C52H57N5O12. The van der Waals surface area contributed by atoms with Crippen LogP contribution in [-0.2, 0) is 36.8 Å². The molecule has 4 aromatic carbocycles. The number of hydroxylamine groups is 2. The number of carbonyl (C=O) groups is 5. The lowest BCUT2D eigenvalue weighted by atomic mass is 9.95. The van der Waals surface area contributed by atoms with E-state index in [0.29, 0.717) is 108 Å². The molecule has 1 saturated heterocycles. The zero-order valence-electron chi connectivity index (χ0n) is 39.8. The molecule has 0 saturated carbocycles. The number of hydrogen-bond acceptors (Lipinski definition) is 14. The van der Waals surface area contributed by atoms with Gasteiger partial charge in [-0.3, -0.25) is 29.1 Å². The summed E-state index contributed by atoms with van der Waals surface area (Å²) in [5.41, 5.74) is 4.76. The van der Waals surface area contributed by atoms with Crippen molar-refractivity contribution < 1.29 is 57.2 Å². The maximum atomic E-state index is 14.4. The fourth-order valence-corrected chi connectivity index (χ4v) is 9.13. The molecule has 9 rings (SSSR count). The molecule has 4 aromatic rings. The second-order valence-electron chi connectivity index (χ2n) is 19.2. The van der Waals surface area contributed by atoms with Crippen molar-refractivity contribution in [3.05, 3.63) is 89.0 Å². The van der Waals surface area contributed by atoms with Crippen molar-refractivity contribution in [2.75, 3.05) is 62.3 Å². The molecule has 0 spiro atoms. The molecule has 0 unspecified atom stereocenters. The molecular weight excluding hydrogens is 887 g/mol. The summed E-state index contributed by atoms with van der Waals surface area (Å²) in [6, 6.07) is 20.4. The first-order valence-electron chi connectivity index (χ1n) is 23.3. The van der Waals surface area contributed by atoms with Crippen molar-refractivity contribution in [2.45, 2.75) is 90.3 Å². The van der Waals surface area contributed by atoms with Crippen LogP contribution < -0.4 is 38.8 Å². The molecule has 0 radical (unpaired) electrons. The first kappa shape index (κ1) is 46.9. The third kappa shape index (κ3) is 9.78. The summed E-state index contributed by atoms with van der Waals surface area (Å²) in [7, 11) is 3.08. The second-order valence-corrected chi connectivity index (χ2v) is 19.2. The third-order valence-corrected chi connectivity index (χ3v) is 13.0. The Hall–Kier alpha value is -7.14. The number of para-hydroxylation sites is 1. The highest BCUT2D eigenvalue weighted by molar-refractivity contribution is 6.15. The third-order valence-electron chi connectivity index (χ3n) is 13.0. The van der Waals surface area contributed by atoms with Gasteiger partial charge in [-0.2, -0.15) is 0 Å². The molecule has 362 valence electrons. The van der Waals surface area contributed by atoms with Gasteiger partial charge in [0.25, 0.3) is 23.6 Å². The minimum atomic E-state index is -0.701. The number of ether oxygens (including phenoxy) is 6. The van der Waals surface area contributed by atoms with Crippen LogP contribution in [0.5, 0.6) is 28.7 Å². The zero-order chi connectivity index (χ0) is 48.6. The molecule has 4 amide bonds. The van der Waals surface area contributed by atoms with E-state index < -0.39 is 28.8 Å². The highest BCUT2D eigenvalue weighted by atomic mass is 16.7. The number of anilines is 3. The molecule has 5 aliphatic heterocycles. The largest absolute Gasteiger partial charge is 0.493 e. The maximum absolute atomic E-state index is 14.4. The number of fused-ring (bicyclic) bond motifs is 8. The lowest BCUT2D eigenvalue weighted by Crippen LogP contribution is -2.39. The first-order chi connectivity index (χ1) is 33.1. The minimum Gasteiger partial charge on any atom is -0.493 e. The van der Waals surface area contributed by atoms with Gasteiger partial charge in [0, 0.05) is 67.7 Å². The van der Waals surface area contributed by atoms with E-state index in [1.807, 2.05) is 81.3 Å². The van der Waals surface area contributed by atoms with E-state index in [9.17, 15) is 24.0 Å². The van der Waals surface area contributed by atoms with Crippen LogP contribution in [0.15, 0.2) is 71.7 Å². The zero-order valence-corrected chi connectivity index (χ0v) is 39.8. The van der Waals surface area contributed by atoms with Crippen molar-refractivity contribution in [2.24, 2.45) is 10.4 Å². The molecule has 1 N–H and O–H groups in total. The minimum absolute atomic E-state index is 0.0298. The number of nitrogens with zero attached hydrogens (tertiary/aromatic N) is 4. The molecule has 2 atom stereocenters. The number of imide groups is 1. The van der Waals surface area contributed by atoms with Crippen molar-refractivity contribution in [1.82, 2.24) is 5.06 Å². The summed E-state index contributed by atoms with van der Waals surface area (Å²) in [6.07, 6.45) is 4.06. The average Bonchev–Trinajstić information content (AvgIpc) is 3.95. The molecule has 17 nitrogen and oxygen atoms in total. The standard InChI is InChI=1S/C52H57N5O12/c1-51(2,30-68-52(3,4)17-16-48(60)69-57-46(58)14-15-47(57)59)29-67-35-13-12-32-21-34-28-54-39-26-45(43(64-6)24-37(39)50(62)56(34)41(32)22-35)66-19-9-18-65-44-25-38-36(23-42(44)63-5)49(61)55-33(27-53-38)20-31-10-7-8-11-40(31)55/h7-8,10-13,22-27,33-34,54H,9,14-21,28-30H2,1-6H3/t33-,34-/m0/s1. The summed E-state index contributed by atoms with van der Waals surface area (Å²) in [6.45, 7) is 9.49. The topological polar surface area (TPSA) is 184 Å². The quantitative estimate of drug-likeness (QED) is 0.0769. The smallest absolute Gasteiger partial charge is 0.333 e. The molecule has 17 heteroatoms. The van der Waals surface area contributed by atoms with Crippen molar-refractivity contribution in [3.8, 4) is 28.7 Å². The molecule has 5 heterocycles. The van der Waals surface area contributed by atoms with Gasteiger partial charge >= 0.3 is 5.97 Å². The average molecular weight is 944 g/mol. The van der Waals surface area contributed by atoms with Crippen LogP contribution in [0.25, 0.3) is 0 Å². The lowest BCUT2D eigenvalue weighted by Gasteiger charge is -2.32. The van der Waals surface area contributed by atoms with Gasteiger partial charge in [0.05, 0.1) is 92.9 Å². The Kier molecular flexibility index (Phi) is 13.0. The van der Waals surface area contributed by atoms with E-state index in [1.54, 1.807) is 43.4 Å². The normalized spacial score (nSPS) is 18.0. The van der Waals surface area contributed by atoms with Gasteiger partial charge in [0.1, 0.15) is 5.75 Å². The lowest BCUT2D eigenvalue weighted by molar-refractivity contribution is -0.198. The molecule has 0 aromatic heterocycles. The van der Waals surface area contributed by atoms with E-state index in [4.69, 9.17) is 38.3 Å². The maximum Gasteiger partial charge on any atom is 0.333 e. The summed E-state index contributed by atoms with van der Waals surface area (Å²) in [5, 5.41) is 4.04. The fraction of sp³-hybridized carbons (Fsp3) is 0.423. The fourth-order valence-electron chi connectivity index (χ4n) is 9.13. The summed E-state index contributed by atoms with van der Waals surface area (Å²) < 4.78 is 36.3. The monoisotopic (exact) mass is 943 g/mol. The Labute approximate surface area is 400 Å². The van der Waals surface area contributed by atoms with Gasteiger partial charge in [-0.05, 0) is 62.1 Å². The van der Waals surface area contributed by atoms with Gasteiger partial charge in [-0.1, -0.05) is 38.1 Å². The molecule has 1 fully saturated rings. The van der Waals surface area contributed by atoms with Gasteiger partial charge in [0.15, 0.2) is 23.0 Å². The van der Waals surface area contributed by atoms with Crippen LogP contribution in [0.1, 0.15) is 91.6 Å². The van der Waals surface area contributed by atoms with Crippen molar-refractivity contribution in [1.29, 1.82) is 0 Å². The Balaban J connectivity index is 0.784. The summed E-state index contributed by atoms with van der Waals surface area (Å²) >= 11 is 0. The molecule has 0 aliphatic carbocycles. The number of nitrogens with one attached hydrogen (secondary N) is 1. The Bertz CT molecular complexity index is 2720. The van der Waals surface area contributed by atoms with Crippen LogP contribution in [0.4, 0.5) is 22.7 Å². The molecule has 69 heavy (non-hydrogen) atoms. The van der Waals surface area contributed by atoms with Gasteiger partial charge in [0.2, 0.25) is 0 Å². The highest BCUT2D eigenvalue weighted by Crippen LogP contribution is 2.43.